The smallest absolute Gasteiger partial charge is 0.159 e. The maximum absolute atomic E-state index is 6.68. The monoisotopic (exact) mass is 216 g/mol. The van der Waals surface area contributed by atoms with Gasteiger partial charge in [0.05, 0.1) is 0 Å². The zero-order valence-electron chi connectivity index (χ0n) is 8.85. The fraction of sp³-hybridized carbons (Fsp3) is 0.636. The van der Waals surface area contributed by atoms with E-state index in [4.69, 9.17) is 11.1 Å². The summed E-state index contributed by atoms with van der Waals surface area (Å²) >= 11 is 6.68. The van der Waals surface area contributed by atoms with Gasteiger partial charge in [-0.15, -0.1) is 13.2 Å². The standard InChI is InChI=1S/C11H21ClSi/c1-5-7-9-13(12,11(3)4)10-8-6-2/h5-6,11H,1-2,7-10H2,3-4H3. The molecule has 76 valence electrons. The second-order valence-electron chi connectivity index (χ2n) is 3.84. The van der Waals surface area contributed by atoms with E-state index >= 15 is 0 Å². The largest absolute Gasteiger partial charge is 0.167 e. The van der Waals surface area contributed by atoms with Gasteiger partial charge in [-0.1, -0.05) is 26.0 Å². The van der Waals surface area contributed by atoms with E-state index in [9.17, 15) is 0 Å². The van der Waals surface area contributed by atoms with E-state index < -0.39 is 7.38 Å². The fourth-order valence-electron chi connectivity index (χ4n) is 1.39. The SMILES string of the molecule is C=CCC[Si](Cl)(CCC=C)C(C)C. The van der Waals surface area contributed by atoms with E-state index in [0.29, 0.717) is 5.54 Å². The van der Waals surface area contributed by atoms with Crippen LogP contribution in [0.25, 0.3) is 0 Å². The summed E-state index contributed by atoms with van der Waals surface area (Å²) in [4.78, 5) is 0. The molecule has 0 aliphatic rings. The van der Waals surface area contributed by atoms with Crippen molar-refractivity contribution in [1.29, 1.82) is 0 Å². The number of rotatable bonds is 7. The van der Waals surface area contributed by atoms with Crippen LogP contribution in [0.5, 0.6) is 0 Å². The van der Waals surface area contributed by atoms with Crippen LogP contribution in [0.1, 0.15) is 26.7 Å². The number of hydrogen-bond donors (Lipinski definition) is 0. The summed E-state index contributed by atoms with van der Waals surface area (Å²) in [5.41, 5.74) is 0.647. The summed E-state index contributed by atoms with van der Waals surface area (Å²) in [6, 6.07) is 2.31. The van der Waals surface area contributed by atoms with Crippen molar-refractivity contribution in [2.24, 2.45) is 0 Å². The van der Waals surface area contributed by atoms with Crippen LogP contribution in [0.4, 0.5) is 0 Å². The summed E-state index contributed by atoms with van der Waals surface area (Å²) in [6.07, 6.45) is 6.07. The van der Waals surface area contributed by atoms with Gasteiger partial charge in [-0.2, -0.15) is 11.1 Å². The second kappa shape index (κ2) is 6.44. The van der Waals surface area contributed by atoms with Crippen LogP contribution >= 0.6 is 11.1 Å². The lowest BCUT2D eigenvalue weighted by molar-refractivity contribution is 0.956. The lowest BCUT2D eigenvalue weighted by Gasteiger charge is -2.27. The average molecular weight is 217 g/mol. The van der Waals surface area contributed by atoms with E-state index in [1.54, 1.807) is 0 Å². The Kier molecular flexibility index (Phi) is 6.44. The van der Waals surface area contributed by atoms with Gasteiger partial charge in [-0.05, 0) is 30.5 Å². The molecule has 0 aliphatic heterocycles. The summed E-state index contributed by atoms with van der Waals surface area (Å²) in [7, 11) is -1.54. The van der Waals surface area contributed by atoms with Crippen molar-refractivity contribution in [1.82, 2.24) is 0 Å². The molecule has 0 heterocycles. The molecule has 0 amide bonds. The molecule has 0 aromatic carbocycles. The fourth-order valence-corrected chi connectivity index (χ4v) is 4.81. The van der Waals surface area contributed by atoms with Crippen LogP contribution in [-0.4, -0.2) is 7.38 Å². The van der Waals surface area contributed by atoms with Crippen molar-refractivity contribution in [3.05, 3.63) is 25.3 Å². The van der Waals surface area contributed by atoms with Gasteiger partial charge >= 0.3 is 0 Å². The van der Waals surface area contributed by atoms with Crippen molar-refractivity contribution in [3.63, 3.8) is 0 Å². The highest BCUT2D eigenvalue weighted by atomic mass is 35.6. The molecule has 0 bridgehead atoms. The first kappa shape index (κ1) is 13.0. The molecular formula is C11H21ClSi. The Morgan fingerprint density at radius 1 is 1.15 bits per heavy atom. The van der Waals surface area contributed by atoms with Crippen molar-refractivity contribution in [3.8, 4) is 0 Å². The van der Waals surface area contributed by atoms with Gasteiger partial charge in [0.2, 0.25) is 0 Å². The quantitative estimate of drug-likeness (QED) is 0.328. The normalized spacial score (nSPS) is 11.7. The maximum atomic E-state index is 6.68. The first-order valence-electron chi connectivity index (χ1n) is 4.97. The van der Waals surface area contributed by atoms with Gasteiger partial charge in [0.25, 0.3) is 0 Å². The Bertz CT molecular complexity index is 151. The van der Waals surface area contributed by atoms with E-state index in [1.807, 2.05) is 12.2 Å². The molecular weight excluding hydrogens is 196 g/mol. The third kappa shape index (κ3) is 4.68. The molecule has 0 unspecified atom stereocenters. The molecule has 0 aromatic heterocycles. The van der Waals surface area contributed by atoms with Crippen LogP contribution in [0.15, 0.2) is 25.3 Å². The minimum absolute atomic E-state index is 0.647. The Labute approximate surface area is 88.4 Å². The molecule has 0 aliphatic carbocycles. The Morgan fingerprint density at radius 2 is 1.54 bits per heavy atom. The maximum Gasteiger partial charge on any atom is 0.159 e. The van der Waals surface area contributed by atoms with Crippen LogP contribution < -0.4 is 0 Å². The first-order valence-corrected chi connectivity index (χ1v) is 8.48. The average Bonchev–Trinajstić information content (AvgIpc) is 2.11. The van der Waals surface area contributed by atoms with E-state index in [2.05, 4.69) is 27.0 Å². The molecule has 0 nitrogen and oxygen atoms in total. The summed E-state index contributed by atoms with van der Waals surface area (Å²) < 4.78 is 0. The predicted octanol–water partition coefficient (Wildman–Crippen LogP) is 4.73. The molecule has 13 heavy (non-hydrogen) atoms. The van der Waals surface area contributed by atoms with Gasteiger partial charge in [0.1, 0.15) is 0 Å². The highest BCUT2D eigenvalue weighted by Gasteiger charge is 2.32. The zero-order valence-corrected chi connectivity index (χ0v) is 10.6. The van der Waals surface area contributed by atoms with Crippen molar-refractivity contribution >= 4 is 18.5 Å². The van der Waals surface area contributed by atoms with Gasteiger partial charge in [0.15, 0.2) is 7.38 Å². The van der Waals surface area contributed by atoms with E-state index in [-0.39, 0.29) is 0 Å². The molecule has 0 aromatic rings. The first-order chi connectivity index (χ1) is 6.06. The van der Waals surface area contributed by atoms with Crippen LogP contribution in [-0.2, 0) is 0 Å². The molecule has 0 atom stereocenters. The summed E-state index contributed by atoms with van der Waals surface area (Å²) in [5, 5.41) is 0. The lowest BCUT2D eigenvalue weighted by Crippen LogP contribution is -2.30. The number of hydrogen-bond acceptors (Lipinski definition) is 0. The van der Waals surface area contributed by atoms with Gasteiger partial charge in [-0.3, -0.25) is 0 Å². The van der Waals surface area contributed by atoms with Gasteiger partial charge in [-0.25, -0.2) is 0 Å². The third-order valence-corrected chi connectivity index (χ3v) is 9.32. The minimum Gasteiger partial charge on any atom is -0.167 e. The molecule has 0 N–H and O–H groups in total. The number of allylic oxidation sites excluding steroid dienone is 2. The Balaban J connectivity index is 4.14. The number of halogens is 1. The predicted molar refractivity (Wildman–Crippen MR) is 65.9 cm³/mol. The Morgan fingerprint density at radius 3 is 1.77 bits per heavy atom. The van der Waals surface area contributed by atoms with Crippen LogP contribution in [0.3, 0.4) is 0 Å². The second-order valence-corrected chi connectivity index (χ2v) is 10.3. The van der Waals surface area contributed by atoms with E-state index in [1.165, 1.54) is 0 Å². The minimum atomic E-state index is -1.54. The highest BCUT2D eigenvalue weighted by molar-refractivity contribution is 7.21. The zero-order chi connectivity index (χ0) is 10.3. The molecule has 0 saturated carbocycles. The summed E-state index contributed by atoms with van der Waals surface area (Å²) in [5.74, 6) is 0. The molecule has 2 heteroatoms. The van der Waals surface area contributed by atoms with Gasteiger partial charge in [0, 0.05) is 0 Å². The molecule has 0 saturated heterocycles. The molecule has 0 fully saturated rings. The molecule has 0 spiro atoms. The Hall–Kier alpha value is -0.0131. The van der Waals surface area contributed by atoms with Crippen molar-refractivity contribution in [2.45, 2.75) is 44.3 Å². The summed E-state index contributed by atoms with van der Waals surface area (Å²) in [6.45, 7) is 12.0. The van der Waals surface area contributed by atoms with Crippen LogP contribution in [0.2, 0.25) is 17.6 Å². The molecule has 0 rings (SSSR count). The lowest BCUT2D eigenvalue weighted by atomic mass is 10.5. The van der Waals surface area contributed by atoms with Crippen molar-refractivity contribution < 1.29 is 0 Å². The highest BCUT2D eigenvalue weighted by Crippen LogP contribution is 2.35. The molecule has 0 radical (unpaired) electrons. The van der Waals surface area contributed by atoms with Crippen LogP contribution in [0, 0.1) is 0 Å². The van der Waals surface area contributed by atoms with Crippen molar-refractivity contribution in [2.75, 3.05) is 0 Å². The third-order valence-electron chi connectivity index (χ3n) is 2.56. The van der Waals surface area contributed by atoms with E-state index in [0.717, 1.165) is 24.9 Å². The topological polar surface area (TPSA) is 0 Å². The van der Waals surface area contributed by atoms with Gasteiger partial charge < -0.3 is 0 Å².